The first-order chi connectivity index (χ1) is 5.70. The molecule has 1 fully saturated rings. The van der Waals surface area contributed by atoms with Gasteiger partial charge >= 0.3 is 5.97 Å². The van der Waals surface area contributed by atoms with E-state index in [2.05, 4.69) is 5.32 Å². The van der Waals surface area contributed by atoms with Gasteiger partial charge in [-0.2, -0.15) is 0 Å². The number of rotatable bonds is 3. The molecule has 0 bridgehead atoms. The molecule has 0 aromatic rings. The maximum atomic E-state index is 13.0. The molecule has 0 aromatic carbocycles. The molecule has 2 N–H and O–H groups in total. The Morgan fingerprint density at radius 1 is 1.67 bits per heavy atom. The molecule has 0 saturated carbocycles. The molecule has 4 heteroatoms. The lowest BCUT2D eigenvalue weighted by molar-refractivity contribution is -0.137. The van der Waals surface area contributed by atoms with Crippen LogP contribution in [0.15, 0.2) is 0 Å². The van der Waals surface area contributed by atoms with Crippen LogP contribution in [0.5, 0.6) is 0 Å². The predicted octanol–water partition coefficient (Wildman–Crippen LogP) is 0.799. The Bertz CT molecular complexity index is 163. The van der Waals surface area contributed by atoms with Crippen molar-refractivity contribution in [3.63, 3.8) is 0 Å². The molecule has 1 aliphatic heterocycles. The topological polar surface area (TPSA) is 49.3 Å². The van der Waals surface area contributed by atoms with Gasteiger partial charge in [0.2, 0.25) is 0 Å². The van der Waals surface area contributed by atoms with Gasteiger partial charge in [0, 0.05) is 13.0 Å². The third kappa shape index (κ3) is 2.77. The molecule has 1 rings (SSSR count). The summed E-state index contributed by atoms with van der Waals surface area (Å²) in [6.07, 6.45) is 0.454. The standard InChI is InChI=1S/C8H14FNO2/c9-7-5-10-4-3-6(7)1-2-8(11)12/h6-7,10H,1-5H2,(H,11,12). The zero-order valence-corrected chi connectivity index (χ0v) is 6.92. The number of piperidine rings is 1. The highest BCUT2D eigenvalue weighted by Crippen LogP contribution is 2.20. The van der Waals surface area contributed by atoms with Crippen LogP contribution >= 0.6 is 0 Å². The van der Waals surface area contributed by atoms with Gasteiger partial charge in [0.05, 0.1) is 0 Å². The number of hydrogen-bond acceptors (Lipinski definition) is 2. The second-order valence-corrected chi connectivity index (χ2v) is 3.20. The van der Waals surface area contributed by atoms with Crippen molar-refractivity contribution < 1.29 is 14.3 Å². The molecule has 0 spiro atoms. The number of halogens is 1. The van der Waals surface area contributed by atoms with Gasteiger partial charge < -0.3 is 10.4 Å². The number of carboxylic acids is 1. The minimum atomic E-state index is -0.863. The van der Waals surface area contributed by atoms with Gasteiger partial charge in [-0.3, -0.25) is 4.79 Å². The molecule has 3 nitrogen and oxygen atoms in total. The van der Waals surface area contributed by atoms with E-state index in [1.807, 2.05) is 0 Å². The molecule has 1 saturated heterocycles. The molecule has 0 aliphatic carbocycles. The SMILES string of the molecule is O=C(O)CCC1CCNCC1F. The Labute approximate surface area is 71.0 Å². The van der Waals surface area contributed by atoms with Gasteiger partial charge in [0.25, 0.3) is 0 Å². The van der Waals surface area contributed by atoms with Crippen molar-refractivity contribution in [3.05, 3.63) is 0 Å². The van der Waals surface area contributed by atoms with Gasteiger partial charge in [0.15, 0.2) is 0 Å². The van der Waals surface area contributed by atoms with Gasteiger partial charge in [-0.05, 0) is 25.3 Å². The van der Waals surface area contributed by atoms with Crippen LogP contribution in [0.1, 0.15) is 19.3 Å². The van der Waals surface area contributed by atoms with E-state index in [9.17, 15) is 9.18 Å². The fraction of sp³-hybridized carbons (Fsp3) is 0.875. The number of aliphatic carboxylic acids is 1. The van der Waals surface area contributed by atoms with Crippen molar-refractivity contribution >= 4 is 5.97 Å². The maximum absolute atomic E-state index is 13.0. The van der Waals surface area contributed by atoms with E-state index in [1.54, 1.807) is 0 Å². The highest BCUT2D eigenvalue weighted by Gasteiger charge is 2.24. The summed E-state index contributed by atoms with van der Waals surface area (Å²) in [5, 5.41) is 11.3. The molecular formula is C8H14FNO2. The van der Waals surface area contributed by atoms with E-state index in [0.29, 0.717) is 13.0 Å². The zero-order chi connectivity index (χ0) is 8.97. The minimum Gasteiger partial charge on any atom is -0.481 e. The lowest BCUT2D eigenvalue weighted by atomic mass is 9.91. The van der Waals surface area contributed by atoms with Crippen LogP contribution in [0, 0.1) is 5.92 Å². The lowest BCUT2D eigenvalue weighted by Gasteiger charge is -2.25. The van der Waals surface area contributed by atoms with Crippen molar-refractivity contribution in [1.82, 2.24) is 5.32 Å². The summed E-state index contributed by atoms with van der Waals surface area (Å²) in [5.41, 5.74) is 0. The molecule has 0 amide bonds. The summed E-state index contributed by atoms with van der Waals surface area (Å²) in [4.78, 5) is 10.2. The zero-order valence-electron chi connectivity index (χ0n) is 6.92. The van der Waals surface area contributed by atoms with E-state index in [4.69, 9.17) is 5.11 Å². The van der Waals surface area contributed by atoms with Crippen molar-refractivity contribution in [2.45, 2.75) is 25.4 Å². The normalized spacial score (nSPS) is 30.1. The molecule has 1 heterocycles. The molecule has 0 radical (unpaired) electrons. The third-order valence-electron chi connectivity index (χ3n) is 2.27. The Morgan fingerprint density at radius 3 is 3.00 bits per heavy atom. The Morgan fingerprint density at radius 2 is 2.42 bits per heavy atom. The predicted molar refractivity (Wildman–Crippen MR) is 42.7 cm³/mol. The van der Waals surface area contributed by atoms with Crippen molar-refractivity contribution in [2.24, 2.45) is 5.92 Å². The summed E-state index contributed by atoms with van der Waals surface area (Å²) in [5.74, 6) is -0.886. The lowest BCUT2D eigenvalue weighted by Crippen LogP contribution is -2.38. The number of nitrogens with one attached hydrogen (secondary N) is 1. The number of alkyl halides is 1. The highest BCUT2D eigenvalue weighted by molar-refractivity contribution is 5.66. The maximum Gasteiger partial charge on any atom is 0.303 e. The van der Waals surface area contributed by atoms with E-state index in [-0.39, 0.29) is 12.3 Å². The monoisotopic (exact) mass is 175 g/mol. The van der Waals surface area contributed by atoms with Crippen molar-refractivity contribution in [1.29, 1.82) is 0 Å². The molecule has 1 aliphatic rings. The number of carbonyl (C=O) groups is 1. The first-order valence-corrected chi connectivity index (χ1v) is 4.26. The van der Waals surface area contributed by atoms with Gasteiger partial charge in [-0.15, -0.1) is 0 Å². The van der Waals surface area contributed by atoms with Crippen LogP contribution in [-0.4, -0.2) is 30.3 Å². The highest BCUT2D eigenvalue weighted by atomic mass is 19.1. The summed E-state index contributed by atoms with van der Waals surface area (Å²) in [6, 6.07) is 0. The largest absolute Gasteiger partial charge is 0.481 e. The van der Waals surface area contributed by atoms with Crippen LogP contribution in [-0.2, 0) is 4.79 Å². The van der Waals surface area contributed by atoms with Crippen molar-refractivity contribution in [3.8, 4) is 0 Å². The third-order valence-corrected chi connectivity index (χ3v) is 2.27. The van der Waals surface area contributed by atoms with Crippen LogP contribution in [0.4, 0.5) is 4.39 Å². The molecular weight excluding hydrogens is 161 g/mol. The Balaban J connectivity index is 2.24. The van der Waals surface area contributed by atoms with Crippen LogP contribution in [0.3, 0.4) is 0 Å². The molecule has 0 aromatic heterocycles. The second kappa shape index (κ2) is 4.40. The average Bonchev–Trinajstić information content (AvgIpc) is 2.03. The first kappa shape index (κ1) is 9.45. The Kier molecular flexibility index (Phi) is 3.47. The van der Waals surface area contributed by atoms with E-state index < -0.39 is 12.1 Å². The average molecular weight is 175 g/mol. The van der Waals surface area contributed by atoms with Crippen LogP contribution < -0.4 is 5.32 Å². The number of hydrogen-bond donors (Lipinski definition) is 2. The summed E-state index contributed by atoms with van der Waals surface area (Å²) in [6.45, 7) is 1.19. The second-order valence-electron chi connectivity index (χ2n) is 3.20. The van der Waals surface area contributed by atoms with Crippen molar-refractivity contribution in [2.75, 3.05) is 13.1 Å². The molecule has 2 atom stereocenters. The van der Waals surface area contributed by atoms with Gasteiger partial charge in [0.1, 0.15) is 6.17 Å². The fourth-order valence-corrected chi connectivity index (χ4v) is 1.51. The fourth-order valence-electron chi connectivity index (χ4n) is 1.51. The quantitative estimate of drug-likeness (QED) is 0.667. The van der Waals surface area contributed by atoms with Gasteiger partial charge in [-0.1, -0.05) is 0 Å². The van der Waals surface area contributed by atoms with E-state index in [1.165, 1.54) is 0 Å². The van der Waals surface area contributed by atoms with E-state index >= 15 is 0 Å². The number of carboxylic acid groups (broad SMARTS) is 1. The van der Waals surface area contributed by atoms with E-state index in [0.717, 1.165) is 13.0 Å². The smallest absolute Gasteiger partial charge is 0.303 e. The van der Waals surface area contributed by atoms with Crippen LogP contribution in [0.25, 0.3) is 0 Å². The molecule has 2 unspecified atom stereocenters. The molecule has 12 heavy (non-hydrogen) atoms. The summed E-state index contributed by atoms with van der Waals surface area (Å²) in [7, 11) is 0. The minimum absolute atomic E-state index is 0.0534. The summed E-state index contributed by atoms with van der Waals surface area (Å²) < 4.78 is 13.0. The molecule has 70 valence electrons. The first-order valence-electron chi connectivity index (χ1n) is 4.26. The van der Waals surface area contributed by atoms with Crippen LogP contribution in [0.2, 0.25) is 0 Å². The Hall–Kier alpha value is -0.640. The summed E-state index contributed by atoms with van der Waals surface area (Å²) >= 11 is 0. The van der Waals surface area contributed by atoms with Gasteiger partial charge in [-0.25, -0.2) is 4.39 Å².